The van der Waals surface area contributed by atoms with Gasteiger partial charge in [-0.1, -0.05) is 12.1 Å². The third kappa shape index (κ3) is 2.67. The summed E-state index contributed by atoms with van der Waals surface area (Å²) >= 11 is 0. The molecule has 0 aliphatic heterocycles. The number of anilines is 1. The molecule has 3 N–H and O–H groups in total. The van der Waals surface area contributed by atoms with Gasteiger partial charge >= 0.3 is 0 Å². The molecule has 0 aromatic heterocycles. The Bertz CT molecular complexity index is 466. The van der Waals surface area contributed by atoms with Crippen LogP contribution in [-0.2, 0) is 6.61 Å². The smallest absolute Gasteiger partial charge is 0.119 e. The topological polar surface area (TPSA) is 55.5 Å². The molecule has 3 heteroatoms. The van der Waals surface area contributed by atoms with Crippen molar-refractivity contribution in [2.24, 2.45) is 0 Å². The van der Waals surface area contributed by atoms with Crippen LogP contribution < -0.4 is 10.5 Å². The Kier molecular flexibility index (Phi) is 2.96. The molecule has 2 aromatic rings. The first-order chi connectivity index (χ1) is 7.74. The maximum atomic E-state index is 9.27. The van der Waals surface area contributed by atoms with E-state index in [0.717, 1.165) is 11.3 Å². The van der Waals surface area contributed by atoms with Crippen LogP contribution in [0.25, 0.3) is 0 Å². The van der Waals surface area contributed by atoms with Crippen molar-refractivity contribution in [2.45, 2.75) is 6.61 Å². The lowest BCUT2D eigenvalue weighted by Crippen LogP contribution is -1.95. The molecule has 0 amide bonds. The van der Waals surface area contributed by atoms with Crippen molar-refractivity contribution >= 4 is 5.69 Å². The summed E-state index contributed by atoms with van der Waals surface area (Å²) in [6, 6.07) is 14.2. The van der Waals surface area contributed by atoms with Crippen LogP contribution in [-0.4, -0.2) is 5.11 Å². The van der Waals surface area contributed by atoms with Gasteiger partial charge in [0.1, 0.15) is 18.1 Å². The molecule has 0 spiro atoms. The second-order valence-electron chi connectivity index (χ2n) is 3.53. The van der Waals surface area contributed by atoms with Gasteiger partial charge in [0.15, 0.2) is 0 Å². The number of nitrogens with two attached hydrogens (primary N) is 1. The lowest BCUT2D eigenvalue weighted by atomic mass is 10.2. The van der Waals surface area contributed by atoms with Crippen LogP contribution in [0.4, 0.5) is 5.69 Å². The monoisotopic (exact) mass is 215 g/mol. The zero-order valence-electron chi connectivity index (χ0n) is 8.76. The highest BCUT2D eigenvalue weighted by molar-refractivity contribution is 5.41. The van der Waals surface area contributed by atoms with Crippen molar-refractivity contribution in [1.82, 2.24) is 0 Å². The van der Waals surface area contributed by atoms with E-state index >= 15 is 0 Å². The van der Waals surface area contributed by atoms with Gasteiger partial charge in [-0.2, -0.15) is 0 Å². The highest BCUT2D eigenvalue weighted by Crippen LogP contribution is 2.16. The van der Waals surface area contributed by atoms with Crippen LogP contribution >= 0.6 is 0 Å². The lowest BCUT2D eigenvalue weighted by molar-refractivity contribution is 0.305. The average molecular weight is 215 g/mol. The summed E-state index contributed by atoms with van der Waals surface area (Å²) in [4.78, 5) is 0. The maximum absolute atomic E-state index is 9.27. The zero-order valence-corrected chi connectivity index (χ0v) is 8.76. The van der Waals surface area contributed by atoms with Crippen LogP contribution in [0.2, 0.25) is 0 Å². The number of phenols is 1. The number of aromatic hydroxyl groups is 1. The number of hydrogen-bond donors (Lipinski definition) is 2. The summed E-state index contributed by atoms with van der Waals surface area (Å²) in [7, 11) is 0. The molecule has 82 valence electrons. The van der Waals surface area contributed by atoms with E-state index < -0.39 is 0 Å². The normalized spacial score (nSPS) is 10.0. The van der Waals surface area contributed by atoms with E-state index in [9.17, 15) is 5.11 Å². The quantitative estimate of drug-likeness (QED) is 0.773. The van der Waals surface area contributed by atoms with Crippen LogP contribution in [0.15, 0.2) is 48.5 Å². The Hall–Kier alpha value is -2.16. The lowest BCUT2D eigenvalue weighted by Gasteiger charge is -2.06. The predicted octanol–water partition coefficient (Wildman–Crippen LogP) is 2.55. The molecule has 0 bridgehead atoms. The van der Waals surface area contributed by atoms with Crippen molar-refractivity contribution in [3.63, 3.8) is 0 Å². The first-order valence-corrected chi connectivity index (χ1v) is 5.00. The minimum absolute atomic E-state index is 0.249. The van der Waals surface area contributed by atoms with Gasteiger partial charge < -0.3 is 15.6 Å². The molecule has 2 rings (SSSR count). The molecule has 0 aliphatic rings. The molecular formula is C13H13NO2. The third-order valence-electron chi connectivity index (χ3n) is 2.20. The molecular weight excluding hydrogens is 202 g/mol. The fraction of sp³-hybridized carbons (Fsp3) is 0.0769. The zero-order chi connectivity index (χ0) is 11.4. The largest absolute Gasteiger partial charge is 0.508 e. The molecule has 0 unspecified atom stereocenters. The SMILES string of the molecule is Nc1ccc(OCc2cccc(O)c2)cc1. The van der Waals surface area contributed by atoms with E-state index in [1.54, 1.807) is 30.3 Å². The average Bonchev–Trinajstić information content (AvgIpc) is 2.28. The van der Waals surface area contributed by atoms with Gasteiger partial charge in [0.05, 0.1) is 0 Å². The van der Waals surface area contributed by atoms with Crippen LogP contribution in [0.5, 0.6) is 11.5 Å². The van der Waals surface area contributed by atoms with Gasteiger partial charge in [0.2, 0.25) is 0 Å². The van der Waals surface area contributed by atoms with Gasteiger partial charge in [-0.3, -0.25) is 0 Å². The summed E-state index contributed by atoms with van der Waals surface area (Å²) in [6.45, 7) is 0.429. The first kappa shape index (κ1) is 10.4. The summed E-state index contributed by atoms with van der Waals surface area (Å²) < 4.78 is 5.54. The van der Waals surface area contributed by atoms with Crippen molar-refractivity contribution in [2.75, 3.05) is 5.73 Å². The van der Waals surface area contributed by atoms with Crippen LogP contribution in [0.1, 0.15) is 5.56 Å². The van der Waals surface area contributed by atoms with Crippen molar-refractivity contribution in [1.29, 1.82) is 0 Å². The molecule has 3 nitrogen and oxygen atoms in total. The van der Waals surface area contributed by atoms with Gasteiger partial charge in [-0.15, -0.1) is 0 Å². The molecule has 0 saturated carbocycles. The molecule has 0 radical (unpaired) electrons. The van der Waals surface area contributed by atoms with E-state index in [1.807, 2.05) is 18.2 Å². The Morgan fingerprint density at radius 2 is 1.81 bits per heavy atom. The molecule has 0 heterocycles. The van der Waals surface area contributed by atoms with E-state index in [4.69, 9.17) is 10.5 Å². The van der Waals surface area contributed by atoms with Gasteiger partial charge in [0, 0.05) is 5.69 Å². The van der Waals surface area contributed by atoms with Gasteiger partial charge in [0.25, 0.3) is 0 Å². The second kappa shape index (κ2) is 4.57. The number of nitrogen functional groups attached to an aromatic ring is 1. The maximum Gasteiger partial charge on any atom is 0.119 e. The number of ether oxygens (including phenoxy) is 1. The summed E-state index contributed by atoms with van der Waals surface area (Å²) in [5.74, 6) is 1.01. The Labute approximate surface area is 94.1 Å². The fourth-order valence-electron chi connectivity index (χ4n) is 1.38. The Morgan fingerprint density at radius 1 is 1.06 bits per heavy atom. The Morgan fingerprint density at radius 3 is 2.50 bits per heavy atom. The van der Waals surface area contributed by atoms with Crippen LogP contribution in [0, 0.1) is 0 Å². The van der Waals surface area contributed by atoms with Crippen molar-refractivity contribution in [3.8, 4) is 11.5 Å². The fourth-order valence-corrected chi connectivity index (χ4v) is 1.38. The second-order valence-corrected chi connectivity index (χ2v) is 3.53. The van der Waals surface area contributed by atoms with Gasteiger partial charge in [-0.25, -0.2) is 0 Å². The molecule has 0 saturated heterocycles. The van der Waals surface area contributed by atoms with Crippen molar-refractivity contribution < 1.29 is 9.84 Å². The van der Waals surface area contributed by atoms with Crippen LogP contribution in [0.3, 0.4) is 0 Å². The summed E-state index contributed by atoms with van der Waals surface area (Å²) in [5.41, 5.74) is 7.21. The molecule has 0 aliphatic carbocycles. The highest BCUT2D eigenvalue weighted by Gasteiger charge is 1.96. The molecule has 2 aromatic carbocycles. The number of hydrogen-bond acceptors (Lipinski definition) is 3. The number of benzene rings is 2. The third-order valence-corrected chi connectivity index (χ3v) is 2.20. The summed E-state index contributed by atoms with van der Waals surface area (Å²) in [6.07, 6.45) is 0. The Balaban J connectivity index is 1.99. The minimum Gasteiger partial charge on any atom is -0.508 e. The first-order valence-electron chi connectivity index (χ1n) is 5.00. The van der Waals surface area contributed by atoms with Gasteiger partial charge in [-0.05, 0) is 42.0 Å². The van der Waals surface area contributed by atoms with Crippen molar-refractivity contribution in [3.05, 3.63) is 54.1 Å². The van der Waals surface area contributed by atoms with E-state index in [-0.39, 0.29) is 5.75 Å². The van der Waals surface area contributed by atoms with E-state index in [2.05, 4.69) is 0 Å². The predicted molar refractivity (Wildman–Crippen MR) is 63.3 cm³/mol. The van der Waals surface area contributed by atoms with E-state index in [0.29, 0.717) is 12.3 Å². The number of rotatable bonds is 3. The highest BCUT2D eigenvalue weighted by atomic mass is 16.5. The molecule has 0 fully saturated rings. The molecule has 16 heavy (non-hydrogen) atoms. The van der Waals surface area contributed by atoms with E-state index in [1.165, 1.54) is 0 Å². The standard InChI is InChI=1S/C13H13NO2/c14-11-4-6-13(7-5-11)16-9-10-2-1-3-12(15)8-10/h1-8,15H,9,14H2. The summed E-state index contributed by atoms with van der Waals surface area (Å²) in [5, 5.41) is 9.27. The number of phenolic OH excluding ortho intramolecular Hbond substituents is 1. The minimum atomic E-state index is 0.249. The molecule has 0 atom stereocenters.